The predicted molar refractivity (Wildman–Crippen MR) is 81.5 cm³/mol. The van der Waals surface area contributed by atoms with Gasteiger partial charge < -0.3 is 0 Å². The van der Waals surface area contributed by atoms with E-state index in [4.69, 9.17) is 5.26 Å². The number of hydrogen-bond donors (Lipinski definition) is 1. The quantitative estimate of drug-likeness (QED) is 0.715. The van der Waals surface area contributed by atoms with E-state index in [0.717, 1.165) is 10.7 Å². The summed E-state index contributed by atoms with van der Waals surface area (Å²) in [5, 5.41) is 10.9. The van der Waals surface area contributed by atoms with Crippen LogP contribution in [0.1, 0.15) is 5.69 Å². The molecule has 112 valence electrons. The molecule has 3 rings (SSSR count). The first-order chi connectivity index (χ1) is 10.6. The first-order valence-electron chi connectivity index (χ1n) is 6.50. The molecule has 0 radical (unpaired) electrons. The summed E-state index contributed by atoms with van der Waals surface area (Å²) in [6.07, 6.45) is 3.71. The van der Waals surface area contributed by atoms with E-state index in [2.05, 4.69) is 10.8 Å². The number of hydrogen-bond acceptors (Lipinski definition) is 4. The number of fused-ring (bicyclic) bond motifs is 1. The van der Waals surface area contributed by atoms with Gasteiger partial charge in [-0.05, 0) is 12.1 Å². The molecule has 22 heavy (non-hydrogen) atoms. The molecule has 0 spiro atoms. The first-order valence-corrected chi connectivity index (χ1v) is 8.86. The van der Waals surface area contributed by atoms with Crippen LogP contribution in [0.25, 0.3) is 4.96 Å². The van der Waals surface area contributed by atoms with Gasteiger partial charge in [0.15, 0.2) is 12.2 Å². The molecular formula is C14H13N4O2S2+. The lowest BCUT2D eigenvalue weighted by molar-refractivity contribution is -0.506. The number of imidazole rings is 1. The summed E-state index contributed by atoms with van der Waals surface area (Å²) in [7, 11) is -3.56. The molecule has 0 saturated carbocycles. The van der Waals surface area contributed by atoms with Gasteiger partial charge in [0.1, 0.15) is 18.5 Å². The smallest absolute Gasteiger partial charge is 0.207 e. The minimum absolute atomic E-state index is 0.132. The van der Waals surface area contributed by atoms with Gasteiger partial charge >= 0.3 is 4.96 Å². The number of rotatable bonds is 5. The fourth-order valence-corrected chi connectivity index (χ4v) is 4.05. The summed E-state index contributed by atoms with van der Waals surface area (Å²) in [4.78, 5) is 1.12. The molecule has 3 aromatic rings. The monoisotopic (exact) mass is 333 g/mol. The van der Waals surface area contributed by atoms with E-state index < -0.39 is 10.0 Å². The fourth-order valence-electron chi connectivity index (χ4n) is 2.17. The summed E-state index contributed by atoms with van der Waals surface area (Å²) >= 11 is 1.50. The fraction of sp³-hybridized carbons (Fsp3) is 0.143. The van der Waals surface area contributed by atoms with Crippen molar-refractivity contribution in [3.63, 3.8) is 0 Å². The second-order valence-electron chi connectivity index (χ2n) is 4.60. The van der Waals surface area contributed by atoms with E-state index in [-0.39, 0.29) is 18.0 Å². The zero-order valence-corrected chi connectivity index (χ0v) is 13.1. The van der Waals surface area contributed by atoms with E-state index in [1.54, 1.807) is 34.9 Å². The Labute approximate surface area is 131 Å². The third-order valence-electron chi connectivity index (χ3n) is 3.21. The normalized spacial score (nSPS) is 11.6. The van der Waals surface area contributed by atoms with Crippen LogP contribution in [0.3, 0.4) is 0 Å². The highest BCUT2D eigenvalue weighted by molar-refractivity contribution is 7.89. The van der Waals surface area contributed by atoms with Crippen molar-refractivity contribution >= 4 is 26.3 Å². The molecule has 1 N–H and O–H groups in total. The van der Waals surface area contributed by atoms with Crippen LogP contribution in [-0.2, 0) is 23.1 Å². The van der Waals surface area contributed by atoms with Crippen LogP contribution in [0.4, 0.5) is 0 Å². The van der Waals surface area contributed by atoms with Crippen molar-refractivity contribution < 1.29 is 12.8 Å². The summed E-state index contributed by atoms with van der Waals surface area (Å²) < 4.78 is 30.7. The van der Waals surface area contributed by atoms with Gasteiger partial charge in [0.25, 0.3) is 0 Å². The van der Waals surface area contributed by atoms with E-state index in [1.165, 1.54) is 11.3 Å². The third-order valence-corrected chi connectivity index (χ3v) is 5.52. The second kappa shape index (κ2) is 5.88. The van der Waals surface area contributed by atoms with Gasteiger partial charge in [0, 0.05) is 5.38 Å². The van der Waals surface area contributed by atoms with Gasteiger partial charge in [0.2, 0.25) is 10.0 Å². The van der Waals surface area contributed by atoms with Crippen molar-refractivity contribution in [2.45, 2.75) is 18.0 Å². The van der Waals surface area contributed by atoms with E-state index in [9.17, 15) is 8.42 Å². The van der Waals surface area contributed by atoms with Gasteiger partial charge in [0.05, 0.1) is 11.4 Å². The Morgan fingerprint density at radius 3 is 2.82 bits per heavy atom. The van der Waals surface area contributed by atoms with Crippen LogP contribution in [-0.4, -0.2) is 13.0 Å². The zero-order chi connectivity index (χ0) is 15.6. The number of nitrogens with one attached hydrogen (secondary N) is 1. The van der Waals surface area contributed by atoms with Crippen molar-refractivity contribution in [1.82, 2.24) is 9.29 Å². The zero-order valence-electron chi connectivity index (χ0n) is 11.5. The molecule has 2 heterocycles. The Hall–Kier alpha value is -2.21. The van der Waals surface area contributed by atoms with Gasteiger partial charge in [-0.2, -0.15) is 9.66 Å². The van der Waals surface area contributed by atoms with Crippen LogP contribution in [0.15, 0.2) is 53.0 Å². The maximum absolute atomic E-state index is 12.2. The maximum atomic E-state index is 12.2. The Bertz CT molecular complexity index is 936. The lowest BCUT2D eigenvalue weighted by Crippen LogP contribution is -2.24. The van der Waals surface area contributed by atoms with E-state index in [0.29, 0.717) is 0 Å². The minimum Gasteiger partial charge on any atom is -0.207 e. The molecule has 1 aromatic carbocycles. The predicted octanol–water partition coefficient (Wildman–Crippen LogP) is 1.29. The molecule has 6 nitrogen and oxygen atoms in total. The lowest BCUT2D eigenvalue weighted by Gasteiger charge is -2.05. The van der Waals surface area contributed by atoms with E-state index in [1.807, 2.05) is 22.2 Å². The summed E-state index contributed by atoms with van der Waals surface area (Å²) in [6, 6.07) is 10.3. The number of nitrogens with zero attached hydrogens (tertiary/aromatic N) is 3. The molecule has 0 bridgehead atoms. The Balaban J connectivity index is 1.87. The summed E-state index contributed by atoms with van der Waals surface area (Å²) in [6.45, 7) is 0.312. The molecule has 0 unspecified atom stereocenters. The average molecular weight is 333 g/mol. The lowest BCUT2D eigenvalue weighted by atomic mass is 10.4. The van der Waals surface area contributed by atoms with Crippen LogP contribution in [0.2, 0.25) is 0 Å². The van der Waals surface area contributed by atoms with Gasteiger partial charge in [-0.25, -0.2) is 17.7 Å². The SMILES string of the molecule is N#CCn1c(CNS(=O)(=O)c2ccccc2)c[n+]2ccsc12. The molecule has 2 aromatic heterocycles. The molecule has 0 amide bonds. The first kappa shape index (κ1) is 14.7. The minimum atomic E-state index is -3.56. The van der Waals surface area contributed by atoms with Crippen LogP contribution < -0.4 is 9.12 Å². The highest BCUT2D eigenvalue weighted by Gasteiger charge is 2.21. The molecule has 0 fully saturated rings. The summed E-state index contributed by atoms with van der Waals surface area (Å²) in [5.74, 6) is 0. The number of sulfonamides is 1. The topological polar surface area (TPSA) is 79.0 Å². The molecular weight excluding hydrogens is 320 g/mol. The Morgan fingerprint density at radius 2 is 2.09 bits per heavy atom. The average Bonchev–Trinajstić information content (AvgIpc) is 3.09. The maximum Gasteiger partial charge on any atom is 0.346 e. The van der Waals surface area contributed by atoms with Gasteiger partial charge in [-0.1, -0.05) is 29.5 Å². The van der Waals surface area contributed by atoms with Crippen LogP contribution >= 0.6 is 11.3 Å². The highest BCUT2D eigenvalue weighted by Crippen LogP contribution is 2.13. The van der Waals surface area contributed by atoms with Crippen molar-refractivity contribution in [3.8, 4) is 6.07 Å². The standard InChI is InChI=1S/C14H13N4O2S2/c15-6-7-18-12(11-17-8-9-21-14(17)18)10-16-22(19,20)13-4-2-1-3-5-13/h1-5,8-9,11,16H,7,10H2/q+1. The highest BCUT2D eigenvalue weighted by atomic mass is 32.2. The van der Waals surface area contributed by atoms with Crippen molar-refractivity contribution in [2.75, 3.05) is 0 Å². The third kappa shape index (κ3) is 2.74. The Kier molecular flexibility index (Phi) is 3.94. The molecule has 8 heteroatoms. The second-order valence-corrected chi connectivity index (χ2v) is 7.24. The van der Waals surface area contributed by atoms with Crippen molar-refractivity contribution in [2.24, 2.45) is 0 Å². The molecule has 0 aliphatic heterocycles. The molecule has 0 aliphatic carbocycles. The molecule has 0 saturated heterocycles. The van der Waals surface area contributed by atoms with Crippen LogP contribution in [0, 0.1) is 11.3 Å². The number of benzene rings is 1. The Morgan fingerprint density at radius 1 is 1.32 bits per heavy atom. The van der Waals surface area contributed by atoms with E-state index >= 15 is 0 Å². The van der Waals surface area contributed by atoms with Crippen LogP contribution in [0.5, 0.6) is 0 Å². The van der Waals surface area contributed by atoms with Gasteiger partial charge in [-0.3, -0.25) is 0 Å². The number of aromatic nitrogens is 2. The summed E-state index contributed by atoms with van der Waals surface area (Å²) in [5.41, 5.74) is 0.743. The van der Waals surface area contributed by atoms with Crippen molar-refractivity contribution in [3.05, 3.63) is 53.8 Å². The number of nitriles is 1. The van der Waals surface area contributed by atoms with Crippen molar-refractivity contribution in [1.29, 1.82) is 5.26 Å². The molecule has 0 atom stereocenters. The largest absolute Gasteiger partial charge is 0.346 e. The number of thiazole rings is 1. The molecule has 0 aliphatic rings. The van der Waals surface area contributed by atoms with Gasteiger partial charge in [-0.15, -0.1) is 0 Å².